The lowest BCUT2D eigenvalue weighted by Crippen LogP contribution is -2.42. The van der Waals surface area contributed by atoms with Crippen LogP contribution in [0.2, 0.25) is 0 Å². The molecule has 3 rings (SSSR count). The van der Waals surface area contributed by atoms with Crippen molar-refractivity contribution < 1.29 is 4.79 Å². The molecule has 2 fully saturated rings. The Balaban J connectivity index is 0.00000169. The number of nitrogens with zero attached hydrogens (tertiary/aromatic N) is 3. The molecule has 2 aliphatic heterocycles. The van der Waals surface area contributed by atoms with Crippen LogP contribution in [-0.4, -0.2) is 48.0 Å². The van der Waals surface area contributed by atoms with Gasteiger partial charge in [0, 0.05) is 38.4 Å². The molecule has 1 atom stereocenters. The minimum Gasteiger partial charge on any atom is -0.357 e. The molecule has 2 saturated heterocycles. The minimum absolute atomic E-state index is 0. The van der Waals surface area contributed by atoms with Crippen LogP contribution in [0.5, 0.6) is 0 Å². The number of hydrogen-bond acceptors (Lipinski definition) is 4. The van der Waals surface area contributed by atoms with Crippen LogP contribution in [0, 0.1) is 5.92 Å². The van der Waals surface area contributed by atoms with Gasteiger partial charge in [-0.05, 0) is 50.7 Å². The van der Waals surface area contributed by atoms with E-state index in [1.165, 1.54) is 25.7 Å². The zero-order valence-electron chi connectivity index (χ0n) is 15.6. The summed E-state index contributed by atoms with van der Waals surface area (Å²) in [6.45, 7) is 5.82. The number of piperidine rings is 1. The Morgan fingerprint density at radius 3 is 2.19 bits per heavy atom. The van der Waals surface area contributed by atoms with Gasteiger partial charge in [-0.15, -0.1) is 24.8 Å². The van der Waals surface area contributed by atoms with Crippen molar-refractivity contribution in [1.82, 2.24) is 9.88 Å². The van der Waals surface area contributed by atoms with Gasteiger partial charge in [-0.1, -0.05) is 12.8 Å². The van der Waals surface area contributed by atoms with Crippen molar-refractivity contribution in [1.29, 1.82) is 0 Å². The lowest BCUT2D eigenvalue weighted by molar-refractivity contribution is 0.0680. The van der Waals surface area contributed by atoms with Gasteiger partial charge in [0.2, 0.25) is 0 Å². The van der Waals surface area contributed by atoms with E-state index in [1.807, 2.05) is 17.0 Å². The van der Waals surface area contributed by atoms with Crippen molar-refractivity contribution in [2.45, 2.75) is 51.5 Å². The van der Waals surface area contributed by atoms with Gasteiger partial charge in [-0.3, -0.25) is 4.79 Å². The van der Waals surface area contributed by atoms with Crippen LogP contribution in [0.3, 0.4) is 0 Å². The molecule has 148 valence electrons. The smallest absolute Gasteiger partial charge is 0.255 e. The zero-order valence-corrected chi connectivity index (χ0v) is 17.2. The summed E-state index contributed by atoms with van der Waals surface area (Å²) in [6, 6.07) is 4.16. The number of carbonyl (C=O) groups is 1. The van der Waals surface area contributed by atoms with E-state index in [9.17, 15) is 4.79 Å². The van der Waals surface area contributed by atoms with Crippen molar-refractivity contribution in [3.05, 3.63) is 23.9 Å². The summed E-state index contributed by atoms with van der Waals surface area (Å²) in [5, 5.41) is 0. The number of carbonyl (C=O) groups excluding carboxylic acids is 1. The van der Waals surface area contributed by atoms with Crippen LogP contribution in [0.15, 0.2) is 18.3 Å². The predicted molar refractivity (Wildman–Crippen MR) is 112 cm³/mol. The Kier molecular flexibility index (Phi) is 9.69. The third-order valence-corrected chi connectivity index (χ3v) is 5.50. The maximum atomic E-state index is 12.7. The fraction of sp³-hybridized carbons (Fsp3) is 0.684. The summed E-state index contributed by atoms with van der Waals surface area (Å²) in [5.74, 6) is 1.65. The molecule has 7 heteroatoms. The average Bonchev–Trinajstić information content (AvgIpc) is 2.91. The first-order chi connectivity index (χ1) is 11.6. The number of halogens is 2. The number of nitrogens with two attached hydrogens (primary N) is 1. The summed E-state index contributed by atoms with van der Waals surface area (Å²) in [6.07, 6.45) is 8.84. The molecule has 1 aromatic heterocycles. The highest BCUT2D eigenvalue weighted by atomic mass is 35.5. The molecule has 0 radical (unpaired) electrons. The summed E-state index contributed by atoms with van der Waals surface area (Å²) in [7, 11) is 0. The van der Waals surface area contributed by atoms with Gasteiger partial charge in [0.25, 0.3) is 5.91 Å². The number of anilines is 1. The number of likely N-dealkylation sites (tertiary alicyclic amines) is 1. The first-order valence-corrected chi connectivity index (χ1v) is 9.41. The van der Waals surface area contributed by atoms with Crippen molar-refractivity contribution in [3.8, 4) is 0 Å². The van der Waals surface area contributed by atoms with E-state index in [2.05, 4.69) is 16.8 Å². The van der Waals surface area contributed by atoms with Gasteiger partial charge in [-0.25, -0.2) is 4.98 Å². The number of hydrogen-bond donors (Lipinski definition) is 1. The van der Waals surface area contributed by atoms with E-state index in [4.69, 9.17) is 5.73 Å². The highest BCUT2D eigenvalue weighted by Crippen LogP contribution is 2.22. The Morgan fingerprint density at radius 2 is 1.69 bits per heavy atom. The lowest BCUT2D eigenvalue weighted by Gasteiger charge is -2.33. The van der Waals surface area contributed by atoms with Gasteiger partial charge < -0.3 is 15.5 Å². The Hall–Kier alpha value is -1.04. The van der Waals surface area contributed by atoms with Crippen molar-refractivity contribution in [2.24, 2.45) is 11.7 Å². The Morgan fingerprint density at radius 1 is 1.08 bits per heavy atom. The van der Waals surface area contributed by atoms with Gasteiger partial charge in [-0.2, -0.15) is 0 Å². The highest BCUT2D eigenvalue weighted by Gasteiger charge is 2.25. The van der Waals surface area contributed by atoms with Crippen LogP contribution < -0.4 is 10.6 Å². The van der Waals surface area contributed by atoms with Crippen molar-refractivity contribution in [2.75, 3.05) is 31.1 Å². The van der Waals surface area contributed by atoms with E-state index in [-0.39, 0.29) is 36.8 Å². The molecular weight excluding hydrogens is 371 g/mol. The topological polar surface area (TPSA) is 62.5 Å². The standard InChI is InChI=1S/C19H30N4O.2ClH/c1-15(20)16-8-12-23(13-9-16)19(24)17-6-7-18(21-14-17)22-10-4-2-3-5-11-22;;/h6-7,14-16H,2-5,8-13,20H2,1H3;2*1H. The van der Waals surface area contributed by atoms with Gasteiger partial charge in [0.1, 0.15) is 5.82 Å². The third-order valence-electron chi connectivity index (χ3n) is 5.50. The second-order valence-corrected chi connectivity index (χ2v) is 7.30. The van der Waals surface area contributed by atoms with E-state index < -0.39 is 0 Å². The second kappa shape index (κ2) is 11.0. The van der Waals surface area contributed by atoms with Crippen LogP contribution in [0.4, 0.5) is 5.82 Å². The molecule has 3 heterocycles. The molecule has 26 heavy (non-hydrogen) atoms. The van der Waals surface area contributed by atoms with Crippen LogP contribution in [0.25, 0.3) is 0 Å². The minimum atomic E-state index is 0. The molecule has 0 spiro atoms. The molecule has 5 nitrogen and oxygen atoms in total. The summed E-state index contributed by atoms with van der Waals surface area (Å²) in [4.78, 5) is 21.5. The summed E-state index contributed by atoms with van der Waals surface area (Å²) >= 11 is 0. The normalized spacial score (nSPS) is 19.8. The second-order valence-electron chi connectivity index (χ2n) is 7.30. The van der Waals surface area contributed by atoms with Crippen LogP contribution in [0.1, 0.15) is 55.8 Å². The molecule has 1 unspecified atom stereocenters. The molecule has 2 aliphatic rings. The maximum Gasteiger partial charge on any atom is 0.255 e. The number of rotatable bonds is 3. The maximum absolute atomic E-state index is 12.7. The lowest BCUT2D eigenvalue weighted by atomic mass is 9.91. The highest BCUT2D eigenvalue weighted by molar-refractivity contribution is 5.94. The fourth-order valence-corrected chi connectivity index (χ4v) is 3.81. The number of amides is 1. The third kappa shape index (κ3) is 5.73. The summed E-state index contributed by atoms with van der Waals surface area (Å²) < 4.78 is 0. The molecule has 0 aromatic carbocycles. The van der Waals surface area contributed by atoms with Gasteiger partial charge in [0.05, 0.1) is 5.56 Å². The molecule has 1 aromatic rings. The van der Waals surface area contributed by atoms with E-state index in [1.54, 1.807) is 6.20 Å². The molecule has 0 aliphatic carbocycles. The zero-order chi connectivity index (χ0) is 16.9. The fourth-order valence-electron chi connectivity index (χ4n) is 3.81. The molecule has 0 bridgehead atoms. The molecule has 0 saturated carbocycles. The number of aromatic nitrogens is 1. The average molecular weight is 403 g/mol. The SMILES string of the molecule is CC(N)C1CCN(C(=O)c2ccc(N3CCCCCC3)nc2)CC1.Cl.Cl. The first-order valence-electron chi connectivity index (χ1n) is 9.41. The largest absolute Gasteiger partial charge is 0.357 e. The first kappa shape index (κ1) is 23.0. The van der Waals surface area contributed by atoms with Crippen LogP contribution >= 0.6 is 24.8 Å². The van der Waals surface area contributed by atoms with Gasteiger partial charge in [0.15, 0.2) is 0 Å². The van der Waals surface area contributed by atoms with E-state index in [0.717, 1.165) is 44.8 Å². The molecular formula is C19H32Cl2N4O. The quantitative estimate of drug-likeness (QED) is 0.839. The predicted octanol–water partition coefficient (Wildman–Crippen LogP) is 3.51. The van der Waals surface area contributed by atoms with Crippen molar-refractivity contribution in [3.63, 3.8) is 0 Å². The summed E-state index contributed by atoms with van der Waals surface area (Å²) in [5.41, 5.74) is 6.68. The van der Waals surface area contributed by atoms with E-state index >= 15 is 0 Å². The van der Waals surface area contributed by atoms with E-state index in [0.29, 0.717) is 11.5 Å². The van der Waals surface area contributed by atoms with Crippen molar-refractivity contribution >= 4 is 36.5 Å². The number of pyridine rings is 1. The Labute approximate surface area is 169 Å². The van der Waals surface area contributed by atoms with Crippen LogP contribution in [-0.2, 0) is 0 Å². The van der Waals surface area contributed by atoms with Gasteiger partial charge >= 0.3 is 0 Å². The Bertz CT molecular complexity index is 537. The molecule has 1 amide bonds. The molecule has 2 N–H and O–H groups in total. The monoisotopic (exact) mass is 402 g/mol.